The molecule has 344 valence electrons. The molecule has 1 unspecified atom stereocenters. The van der Waals surface area contributed by atoms with Crippen LogP contribution < -0.4 is 10.0 Å². The zero-order valence-electron chi connectivity index (χ0n) is 35.2. The molecule has 2 aromatic carbocycles. The van der Waals surface area contributed by atoms with Crippen LogP contribution in [0.15, 0.2) is 42.5 Å². The Kier molecular flexibility index (Phi) is 11.4. The van der Waals surface area contributed by atoms with E-state index in [-0.39, 0.29) is 50.7 Å². The number of hydrogen-bond donors (Lipinski definition) is 2. The molecular formula is C43H40ClF7N8O5S. The number of hydrogen-bond acceptors (Lipinski definition) is 8. The number of benzene rings is 2. The minimum Gasteiger partial charge on any atom is -0.444 e. The second-order valence-corrected chi connectivity index (χ2v) is 19.5. The van der Waals surface area contributed by atoms with Crippen LogP contribution in [0.5, 0.6) is 0 Å². The number of pyridine rings is 1. The van der Waals surface area contributed by atoms with Crippen molar-refractivity contribution in [3.05, 3.63) is 93.0 Å². The van der Waals surface area contributed by atoms with Crippen LogP contribution >= 0.6 is 11.6 Å². The summed E-state index contributed by atoms with van der Waals surface area (Å²) >= 11 is 6.63. The molecule has 2 aliphatic carbocycles. The van der Waals surface area contributed by atoms with Gasteiger partial charge in [0.25, 0.3) is 5.92 Å². The number of halogens is 8. The van der Waals surface area contributed by atoms with Gasteiger partial charge in [-0.25, -0.2) is 27.0 Å². The molecule has 5 aromatic rings. The number of rotatable bonds is 9. The largest absolute Gasteiger partial charge is 0.444 e. The molecule has 0 spiro atoms. The quantitative estimate of drug-likeness (QED) is 0.111. The molecule has 4 heterocycles. The van der Waals surface area contributed by atoms with Crippen molar-refractivity contribution in [1.29, 1.82) is 0 Å². The number of sulfonamides is 1. The Hall–Kier alpha value is -5.88. The van der Waals surface area contributed by atoms with Crippen molar-refractivity contribution in [3.63, 3.8) is 0 Å². The molecular weight excluding hydrogens is 909 g/mol. The highest BCUT2D eigenvalue weighted by Gasteiger charge is 2.68. The lowest BCUT2D eigenvalue weighted by molar-refractivity contribution is -0.142. The lowest BCUT2D eigenvalue weighted by atomic mass is 9.93. The third kappa shape index (κ3) is 9.19. The summed E-state index contributed by atoms with van der Waals surface area (Å²) in [5.74, 6) is -3.30. The van der Waals surface area contributed by atoms with E-state index in [2.05, 4.69) is 32.1 Å². The molecule has 2 amide bonds. The predicted molar refractivity (Wildman–Crippen MR) is 223 cm³/mol. The van der Waals surface area contributed by atoms with Gasteiger partial charge in [-0.1, -0.05) is 23.6 Å². The molecule has 0 radical (unpaired) electrons. The Labute approximate surface area is 372 Å². The fourth-order valence-corrected chi connectivity index (χ4v) is 9.38. The van der Waals surface area contributed by atoms with Crippen LogP contribution in [-0.2, 0) is 51.7 Å². The van der Waals surface area contributed by atoms with Crippen LogP contribution in [0, 0.1) is 29.4 Å². The van der Waals surface area contributed by atoms with Crippen molar-refractivity contribution in [1.82, 2.24) is 34.8 Å². The number of aromatic nitrogens is 5. The van der Waals surface area contributed by atoms with Gasteiger partial charge in [0.15, 0.2) is 11.5 Å². The highest BCUT2D eigenvalue weighted by molar-refractivity contribution is 7.92. The number of carbonyl (C=O) groups is 2. The zero-order valence-corrected chi connectivity index (χ0v) is 36.8. The van der Waals surface area contributed by atoms with E-state index < -0.39 is 105 Å². The average Bonchev–Trinajstić information content (AvgIpc) is 3.40. The third-order valence-electron chi connectivity index (χ3n) is 11.2. The Morgan fingerprint density at radius 2 is 1.74 bits per heavy atom. The van der Waals surface area contributed by atoms with E-state index in [1.54, 1.807) is 32.9 Å². The van der Waals surface area contributed by atoms with Crippen LogP contribution in [0.1, 0.15) is 85.9 Å². The minimum atomic E-state index is -5.10. The van der Waals surface area contributed by atoms with Gasteiger partial charge in [-0.2, -0.15) is 32.1 Å². The van der Waals surface area contributed by atoms with Crippen molar-refractivity contribution in [2.75, 3.05) is 17.5 Å². The highest BCUT2D eigenvalue weighted by atomic mass is 35.5. The molecule has 13 nitrogen and oxygen atoms in total. The molecule has 2 fully saturated rings. The number of anilines is 1. The molecule has 8 rings (SSSR count). The van der Waals surface area contributed by atoms with Crippen LogP contribution in [0.4, 0.5) is 41.3 Å². The van der Waals surface area contributed by atoms with Crippen molar-refractivity contribution in [2.45, 2.75) is 88.7 Å². The van der Waals surface area contributed by atoms with Gasteiger partial charge in [-0.15, -0.1) is 0 Å². The number of fused-ring (bicyclic) bond motifs is 4. The maximum absolute atomic E-state index is 15.5. The van der Waals surface area contributed by atoms with E-state index in [9.17, 15) is 40.0 Å². The maximum Gasteiger partial charge on any atom is 0.435 e. The number of ether oxygens (including phenoxy) is 1. The molecule has 0 bridgehead atoms. The predicted octanol–water partition coefficient (Wildman–Crippen LogP) is 8.21. The maximum atomic E-state index is 15.5. The van der Waals surface area contributed by atoms with Gasteiger partial charge in [0.05, 0.1) is 40.0 Å². The summed E-state index contributed by atoms with van der Waals surface area (Å²) in [7, 11) is -2.37. The smallest absolute Gasteiger partial charge is 0.435 e. The molecule has 3 aliphatic rings. The molecule has 3 aromatic heterocycles. The first-order valence-corrected chi connectivity index (χ1v) is 22.5. The number of nitrogens with zero attached hydrogens (tertiary/aromatic N) is 6. The second-order valence-electron chi connectivity index (χ2n) is 17.3. The second kappa shape index (κ2) is 16.2. The zero-order chi connectivity index (χ0) is 47.1. The average molecular weight is 949 g/mol. The standard InChI is InChI=1S/C43H40ClF7N8O5S/c1-41(2,3)64-40(61)58-14-6-7-25(58)10-8-24-9-11-26(27-12-13-30(44)34-36(27)57(4)55-39(34)56-65(5,62)63)35(52-24)31(17-21-15-22(45)18-23(46)16-21)53-32(60)20-59-38-33(37(54-59)43(49,50)51)28-19-29(28)42(38,47)48/h9,11-13,15-16,18,25,28-29,31H,6-7,14,17,19-20H2,1-5H3,(H,53,60)(H,55,56)/t25?,28-,29+,31-/m0/s1. The molecule has 22 heteroatoms. The van der Waals surface area contributed by atoms with Crippen LogP contribution in [-0.4, -0.2) is 74.3 Å². The molecule has 65 heavy (non-hydrogen) atoms. The first kappa shape index (κ1) is 45.7. The Morgan fingerprint density at radius 1 is 1.05 bits per heavy atom. The lowest BCUT2D eigenvalue weighted by Gasteiger charge is -2.26. The Bertz CT molecular complexity index is 2940. The molecule has 1 saturated heterocycles. The van der Waals surface area contributed by atoms with Gasteiger partial charge < -0.3 is 10.1 Å². The number of likely N-dealkylation sites (tertiary alicyclic amines) is 1. The van der Waals surface area contributed by atoms with Gasteiger partial charge in [0.1, 0.15) is 35.2 Å². The lowest BCUT2D eigenvalue weighted by Crippen LogP contribution is -2.39. The number of amides is 2. The molecule has 2 N–H and O–H groups in total. The number of aryl methyl sites for hydroxylation is 1. The topological polar surface area (TPSA) is 153 Å². The normalized spacial score (nSPS) is 19.3. The Balaban J connectivity index is 1.27. The van der Waals surface area contributed by atoms with E-state index >= 15 is 8.78 Å². The van der Waals surface area contributed by atoms with Crippen molar-refractivity contribution >= 4 is 50.3 Å². The van der Waals surface area contributed by atoms with E-state index in [0.29, 0.717) is 35.7 Å². The summed E-state index contributed by atoms with van der Waals surface area (Å²) < 4.78 is 137. The SMILES string of the molecule is Cn1nc(NS(C)(=O)=O)c2c(Cl)ccc(-c3ccc(C#CC4CCCN4C(=O)OC(C)(C)C)nc3[C@H](Cc3cc(F)cc(F)c3)NC(=O)Cn3nc(C(F)(F)F)c4c3C(F)(F)[C@@H]3C[C@H]43)c21. The van der Waals surface area contributed by atoms with Gasteiger partial charge in [-0.3, -0.25) is 23.8 Å². The minimum absolute atomic E-state index is 0.0108. The summed E-state index contributed by atoms with van der Waals surface area (Å²) in [5, 5.41) is 10.7. The fourth-order valence-electron chi connectivity index (χ4n) is 8.64. The van der Waals surface area contributed by atoms with Crippen LogP contribution in [0.2, 0.25) is 5.02 Å². The van der Waals surface area contributed by atoms with E-state index in [1.807, 2.05) is 0 Å². The van der Waals surface area contributed by atoms with Gasteiger partial charge >= 0.3 is 12.3 Å². The van der Waals surface area contributed by atoms with E-state index in [4.69, 9.17) is 21.3 Å². The monoisotopic (exact) mass is 948 g/mol. The van der Waals surface area contributed by atoms with Gasteiger partial charge in [0, 0.05) is 42.3 Å². The van der Waals surface area contributed by atoms with Crippen molar-refractivity contribution in [3.8, 4) is 23.0 Å². The number of nitrogens with one attached hydrogen (secondary N) is 2. The van der Waals surface area contributed by atoms with E-state index in [1.165, 1.54) is 28.8 Å². The number of carbonyl (C=O) groups excluding carboxylic acids is 2. The van der Waals surface area contributed by atoms with E-state index in [0.717, 1.165) is 18.4 Å². The number of alkyl halides is 5. The summed E-state index contributed by atoms with van der Waals surface area (Å²) in [6.07, 6.45) is -4.21. The summed E-state index contributed by atoms with van der Waals surface area (Å²) in [4.78, 5) is 33.5. The summed E-state index contributed by atoms with van der Waals surface area (Å²) in [5.41, 5.74) is -3.12. The van der Waals surface area contributed by atoms with Crippen molar-refractivity contribution in [2.24, 2.45) is 13.0 Å². The van der Waals surface area contributed by atoms with Crippen molar-refractivity contribution < 1.29 is 53.5 Å². The highest BCUT2D eigenvalue weighted by Crippen LogP contribution is 2.68. The fraction of sp³-hybridized carbons (Fsp3) is 0.419. The van der Waals surface area contributed by atoms with Gasteiger partial charge in [0.2, 0.25) is 15.9 Å². The summed E-state index contributed by atoms with van der Waals surface area (Å²) in [6, 6.07) is 6.68. The van der Waals surface area contributed by atoms with Crippen LogP contribution in [0.3, 0.4) is 0 Å². The molecule has 1 aliphatic heterocycles. The Morgan fingerprint density at radius 3 is 2.40 bits per heavy atom. The summed E-state index contributed by atoms with van der Waals surface area (Å²) in [6.45, 7) is 4.44. The molecule has 4 atom stereocenters. The first-order chi connectivity index (χ1) is 30.3. The molecule has 1 saturated carbocycles. The first-order valence-electron chi connectivity index (χ1n) is 20.2. The van der Waals surface area contributed by atoms with Crippen LogP contribution in [0.25, 0.3) is 22.0 Å². The third-order valence-corrected chi connectivity index (χ3v) is 12.1. The van der Waals surface area contributed by atoms with Gasteiger partial charge in [-0.05, 0) is 94.2 Å².